The molecule has 0 unspecified atom stereocenters. The molecule has 2 aromatic rings. The van der Waals surface area contributed by atoms with Crippen molar-refractivity contribution in [3.63, 3.8) is 0 Å². The van der Waals surface area contributed by atoms with Gasteiger partial charge in [-0.05, 0) is 39.0 Å². The zero-order valence-corrected chi connectivity index (χ0v) is 20.4. The molecule has 2 heterocycles. The van der Waals surface area contributed by atoms with Crippen LogP contribution in [-0.2, 0) is 23.4 Å². The monoisotopic (exact) mass is 511 g/mol. The lowest BCUT2D eigenvalue weighted by Crippen LogP contribution is -2.42. The second-order valence-corrected chi connectivity index (χ2v) is 9.90. The number of nitrogen functional groups attached to an aromatic ring is 1. The molecule has 1 aliphatic rings. The number of anilines is 1. The highest BCUT2D eigenvalue weighted by Gasteiger charge is 2.44. The zero-order valence-electron chi connectivity index (χ0n) is 19.5. The molecule has 1 aromatic heterocycles. The van der Waals surface area contributed by atoms with Crippen molar-refractivity contribution in [1.29, 1.82) is 0 Å². The normalized spacial score (nSPS) is 24.6. The highest BCUT2D eigenvalue weighted by Crippen LogP contribution is 2.45. The van der Waals surface area contributed by atoms with Crippen LogP contribution in [0.5, 0.6) is 5.75 Å². The average molecular weight is 511 g/mol. The Morgan fingerprint density at radius 3 is 2.60 bits per heavy atom. The summed E-state index contributed by atoms with van der Waals surface area (Å²) >= 11 is 0. The first-order valence-corrected chi connectivity index (χ1v) is 12.4. The highest BCUT2D eigenvalue weighted by molar-refractivity contribution is 7.52. The van der Waals surface area contributed by atoms with Crippen molar-refractivity contribution in [2.24, 2.45) is 5.73 Å². The Morgan fingerprint density at radius 1 is 1.29 bits per heavy atom. The smallest absolute Gasteiger partial charge is 0.459 e. The van der Waals surface area contributed by atoms with Crippen LogP contribution in [0.1, 0.15) is 27.0 Å². The first kappa shape index (κ1) is 26.8. The molecule has 1 fully saturated rings. The van der Waals surface area contributed by atoms with Gasteiger partial charge in [0.1, 0.15) is 29.8 Å². The number of esters is 1. The van der Waals surface area contributed by atoms with Crippen LogP contribution in [0, 0.1) is 0 Å². The van der Waals surface area contributed by atoms with Gasteiger partial charge in [-0.1, -0.05) is 18.2 Å². The largest absolute Gasteiger partial charge is 0.462 e. The van der Waals surface area contributed by atoms with Crippen molar-refractivity contribution in [2.45, 2.75) is 57.4 Å². The SMILES string of the molecule is CC(C)OC(=O)[C@@H](C)N[P@](=O)(OC[C@H]1O[C@@H](n2ccc(N)nc2=O)[C@H](N)[C@@H]1O)Oc1ccccc1. The topological polar surface area (TPSA) is 190 Å². The summed E-state index contributed by atoms with van der Waals surface area (Å²) < 4.78 is 36.6. The summed E-state index contributed by atoms with van der Waals surface area (Å²) in [6, 6.07) is 7.52. The van der Waals surface area contributed by atoms with Gasteiger partial charge < -0.3 is 30.6 Å². The van der Waals surface area contributed by atoms with E-state index in [1.54, 1.807) is 44.2 Å². The number of aliphatic hydroxyl groups is 1. The van der Waals surface area contributed by atoms with Gasteiger partial charge in [-0.3, -0.25) is 13.9 Å². The van der Waals surface area contributed by atoms with Crippen LogP contribution in [0.2, 0.25) is 0 Å². The number of carbonyl (C=O) groups excluding carboxylic acids is 1. The summed E-state index contributed by atoms with van der Waals surface area (Å²) in [6.45, 7) is 4.37. The van der Waals surface area contributed by atoms with Crippen LogP contribution >= 0.6 is 7.75 Å². The van der Waals surface area contributed by atoms with Gasteiger partial charge in [0.25, 0.3) is 0 Å². The van der Waals surface area contributed by atoms with E-state index >= 15 is 0 Å². The van der Waals surface area contributed by atoms with E-state index in [1.807, 2.05) is 0 Å². The summed E-state index contributed by atoms with van der Waals surface area (Å²) in [6.07, 6.45) is -2.46. The lowest BCUT2D eigenvalue weighted by molar-refractivity contribution is -0.149. The van der Waals surface area contributed by atoms with Gasteiger partial charge in [0, 0.05) is 6.20 Å². The molecule has 0 spiro atoms. The molecule has 192 valence electrons. The fourth-order valence-corrected chi connectivity index (χ4v) is 4.78. The van der Waals surface area contributed by atoms with Gasteiger partial charge in [-0.2, -0.15) is 10.1 Å². The maximum absolute atomic E-state index is 13.6. The molecule has 1 aromatic carbocycles. The summed E-state index contributed by atoms with van der Waals surface area (Å²) in [5.41, 5.74) is 10.9. The van der Waals surface area contributed by atoms with Crippen molar-refractivity contribution in [2.75, 3.05) is 12.3 Å². The van der Waals surface area contributed by atoms with Crippen molar-refractivity contribution in [3.05, 3.63) is 53.1 Å². The van der Waals surface area contributed by atoms with E-state index in [2.05, 4.69) is 10.1 Å². The molecule has 0 radical (unpaired) electrons. The fraction of sp³-hybridized carbons (Fsp3) is 0.476. The van der Waals surface area contributed by atoms with Crippen LogP contribution in [-0.4, -0.2) is 57.6 Å². The lowest BCUT2D eigenvalue weighted by atomic mass is 10.1. The Morgan fingerprint density at radius 2 is 1.97 bits per heavy atom. The second-order valence-electron chi connectivity index (χ2n) is 8.21. The van der Waals surface area contributed by atoms with Gasteiger partial charge in [0.15, 0.2) is 6.23 Å². The van der Waals surface area contributed by atoms with E-state index < -0.39 is 56.5 Å². The molecule has 0 aliphatic carbocycles. The molecule has 6 atom stereocenters. The molecule has 1 saturated heterocycles. The molecular weight excluding hydrogens is 481 g/mol. The van der Waals surface area contributed by atoms with Gasteiger partial charge in [-0.15, -0.1) is 0 Å². The van der Waals surface area contributed by atoms with Crippen LogP contribution < -0.4 is 26.8 Å². The predicted molar refractivity (Wildman–Crippen MR) is 125 cm³/mol. The molecule has 6 N–H and O–H groups in total. The number of nitrogens with one attached hydrogen (secondary N) is 1. The van der Waals surface area contributed by atoms with Crippen molar-refractivity contribution < 1.29 is 33.0 Å². The van der Waals surface area contributed by atoms with Crippen LogP contribution in [0.4, 0.5) is 5.82 Å². The number of hydrogen-bond donors (Lipinski definition) is 4. The highest BCUT2D eigenvalue weighted by atomic mass is 31.2. The Balaban J connectivity index is 1.75. The number of benzene rings is 1. The average Bonchev–Trinajstić information content (AvgIpc) is 3.06. The molecule has 0 amide bonds. The van der Waals surface area contributed by atoms with Gasteiger partial charge >= 0.3 is 19.4 Å². The number of para-hydroxylation sites is 1. The van der Waals surface area contributed by atoms with E-state index in [1.165, 1.54) is 19.2 Å². The molecule has 13 nitrogen and oxygen atoms in total. The number of hydrogen-bond acceptors (Lipinski definition) is 11. The van der Waals surface area contributed by atoms with Crippen LogP contribution in [0.3, 0.4) is 0 Å². The number of rotatable bonds is 10. The number of nitrogens with two attached hydrogens (primary N) is 2. The van der Waals surface area contributed by atoms with Gasteiger partial charge in [0.2, 0.25) is 0 Å². The third-order valence-electron chi connectivity index (χ3n) is 4.98. The number of carbonyl (C=O) groups is 1. The molecule has 0 saturated carbocycles. The first-order chi connectivity index (χ1) is 16.5. The molecule has 14 heteroatoms. The summed E-state index contributed by atoms with van der Waals surface area (Å²) in [5.74, 6) is -0.418. The quantitative estimate of drug-likeness (QED) is 0.256. The molecular formula is C21H30N5O8P. The van der Waals surface area contributed by atoms with E-state index in [0.717, 1.165) is 4.57 Å². The standard InChI is InChI=1S/C21H30N5O8P/c1-12(2)32-20(28)13(3)25-35(30,34-14-7-5-4-6-8-14)31-11-15-18(27)17(23)19(33-15)26-10-9-16(22)24-21(26)29/h4-10,12-13,15,17-19,27H,11,23H2,1-3H3,(H,25,30)(H2,22,24,29)/t13-,15-,17-,18-,19-,35+/m1/s1. The van der Waals surface area contributed by atoms with E-state index in [9.17, 15) is 19.3 Å². The summed E-state index contributed by atoms with van der Waals surface area (Å²) in [4.78, 5) is 28.0. The summed E-state index contributed by atoms with van der Waals surface area (Å²) in [7, 11) is -4.18. The molecule has 1 aliphatic heterocycles. The zero-order chi connectivity index (χ0) is 25.8. The summed E-state index contributed by atoms with van der Waals surface area (Å²) in [5, 5.41) is 13.1. The van der Waals surface area contributed by atoms with E-state index in [-0.39, 0.29) is 17.7 Å². The maximum atomic E-state index is 13.6. The minimum absolute atomic E-state index is 0.0217. The van der Waals surface area contributed by atoms with Gasteiger partial charge in [0.05, 0.1) is 18.8 Å². The predicted octanol–water partition coefficient (Wildman–Crippen LogP) is 0.545. The third-order valence-corrected chi connectivity index (χ3v) is 6.62. The molecule has 35 heavy (non-hydrogen) atoms. The maximum Gasteiger partial charge on any atom is 0.459 e. The van der Waals surface area contributed by atoms with Crippen molar-refractivity contribution >= 4 is 19.5 Å². The second kappa shape index (κ2) is 11.3. The minimum atomic E-state index is -4.18. The third kappa shape index (κ3) is 6.88. The minimum Gasteiger partial charge on any atom is -0.462 e. The van der Waals surface area contributed by atoms with E-state index in [4.69, 9.17) is 30.0 Å². The molecule has 3 rings (SSSR count). The van der Waals surface area contributed by atoms with Crippen molar-refractivity contribution in [3.8, 4) is 5.75 Å². The Labute approximate surface area is 201 Å². The van der Waals surface area contributed by atoms with Gasteiger partial charge in [-0.25, -0.2) is 9.36 Å². The first-order valence-electron chi connectivity index (χ1n) is 10.9. The number of nitrogens with zero attached hydrogens (tertiary/aromatic N) is 2. The molecule has 0 bridgehead atoms. The number of aliphatic hydroxyl groups excluding tert-OH is 1. The number of aromatic nitrogens is 2. The Kier molecular flexibility index (Phi) is 8.65. The fourth-order valence-electron chi connectivity index (χ4n) is 3.28. The Bertz CT molecular complexity index is 1110. The Hall–Kier alpha value is -2.80. The van der Waals surface area contributed by atoms with Crippen molar-refractivity contribution in [1.82, 2.24) is 14.6 Å². The van der Waals surface area contributed by atoms with E-state index in [0.29, 0.717) is 0 Å². The van der Waals surface area contributed by atoms with Crippen LogP contribution in [0.15, 0.2) is 47.4 Å². The lowest BCUT2D eigenvalue weighted by Gasteiger charge is -2.25. The number of ether oxygens (including phenoxy) is 2. The van der Waals surface area contributed by atoms with Crippen LogP contribution in [0.25, 0.3) is 0 Å².